The normalized spacial score (nSPS) is 12.1. The molecular formula is C29H34N2O3. The Labute approximate surface area is 202 Å². The van der Waals surface area contributed by atoms with Crippen molar-refractivity contribution < 1.29 is 14.3 Å². The molecule has 3 rings (SSSR count). The van der Waals surface area contributed by atoms with E-state index >= 15 is 0 Å². The number of hydrogen-bond acceptors (Lipinski definition) is 3. The van der Waals surface area contributed by atoms with Gasteiger partial charge in [-0.15, -0.1) is 0 Å². The second-order valence-corrected chi connectivity index (χ2v) is 9.56. The molecule has 2 amide bonds. The maximum atomic E-state index is 12.9. The Kier molecular flexibility index (Phi) is 7.77. The van der Waals surface area contributed by atoms with Gasteiger partial charge in [-0.25, -0.2) is 0 Å². The summed E-state index contributed by atoms with van der Waals surface area (Å²) < 4.78 is 6.01. The fraction of sp³-hybridized carbons (Fsp3) is 0.310. The number of hydrogen-bond donors (Lipinski definition) is 2. The van der Waals surface area contributed by atoms with E-state index in [9.17, 15) is 9.59 Å². The Morgan fingerprint density at radius 1 is 0.882 bits per heavy atom. The molecule has 0 bridgehead atoms. The van der Waals surface area contributed by atoms with Gasteiger partial charge < -0.3 is 15.4 Å². The van der Waals surface area contributed by atoms with E-state index in [1.165, 1.54) is 5.56 Å². The Morgan fingerprint density at radius 2 is 1.50 bits per heavy atom. The first-order chi connectivity index (χ1) is 16.1. The highest BCUT2D eigenvalue weighted by molar-refractivity contribution is 6.04. The predicted molar refractivity (Wildman–Crippen MR) is 139 cm³/mol. The van der Waals surface area contributed by atoms with Crippen molar-refractivity contribution in [3.63, 3.8) is 0 Å². The Hall–Kier alpha value is -3.60. The van der Waals surface area contributed by atoms with Crippen molar-refractivity contribution in [1.82, 2.24) is 0 Å². The molecule has 5 heteroatoms. The number of ether oxygens (including phenoxy) is 1. The second-order valence-electron chi connectivity index (χ2n) is 9.56. The molecule has 0 aromatic heterocycles. The Morgan fingerprint density at radius 3 is 2.12 bits per heavy atom. The molecule has 34 heavy (non-hydrogen) atoms. The van der Waals surface area contributed by atoms with Gasteiger partial charge in [0.15, 0.2) is 6.10 Å². The maximum Gasteiger partial charge on any atom is 0.265 e. The van der Waals surface area contributed by atoms with E-state index < -0.39 is 6.10 Å². The maximum absolute atomic E-state index is 12.9. The fourth-order valence-electron chi connectivity index (χ4n) is 3.55. The highest BCUT2D eigenvalue weighted by Gasteiger charge is 2.20. The highest BCUT2D eigenvalue weighted by Crippen LogP contribution is 2.24. The van der Waals surface area contributed by atoms with Crippen LogP contribution in [-0.4, -0.2) is 17.9 Å². The summed E-state index contributed by atoms with van der Waals surface area (Å²) in [6.45, 7) is 12.3. The predicted octanol–water partition coefficient (Wildman–Crippen LogP) is 6.65. The zero-order chi connectivity index (χ0) is 24.9. The van der Waals surface area contributed by atoms with Crippen LogP contribution in [0.15, 0.2) is 66.7 Å². The summed E-state index contributed by atoms with van der Waals surface area (Å²) in [5, 5.41) is 5.81. The molecule has 5 nitrogen and oxygen atoms in total. The molecule has 178 valence electrons. The number of carbonyl (C=O) groups excluding carboxylic acids is 2. The largest absolute Gasteiger partial charge is 0.480 e. The molecule has 0 heterocycles. The molecule has 2 N–H and O–H groups in total. The number of anilines is 2. The second kappa shape index (κ2) is 10.6. The van der Waals surface area contributed by atoms with Crippen LogP contribution in [0, 0.1) is 13.8 Å². The lowest BCUT2D eigenvalue weighted by Gasteiger charge is -2.19. The minimum atomic E-state index is -0.625. The van der Waals surface area contributed by atoms with Crippen LogP contribution in [0.3, 0.4) is 0 Å². The monoisotopic (exact) mass is 458 g/mol. The third-order valence-corrected chi connectivity index (χ3v) is 5.89. The molecule has 0 aliphatic rings. The number of carbonyl (C=O) groups is 2. The van der Waals surface area contributed by atoms with E-state index in [-0.39, 0.29) is 17.2 Å². The summed E-state index contributed by atoms with van der Waals surface area (Å²) in [7, 11) is 0. The van der Waals surface area contributed by atoms with E-state index in [0.29, 0.717) is 29.1 Å². The van der Waals surface area contributed by atoms with Crippen LogP contribution < -0.4 is 15.4 Å². The van der Waals surface area contributed by atoms with Crippen molar-refractivity contribution in [3.8, 4) is 5.75 Å². The van der Waals surface area contributed by atoms with Gasteiger partial charge in [-0.1, -0.05) is 58.0 Å². The van der Waals surface area contributed by atoms with E-state index in [1.807, 2.05) is 63.2 Å². The summed E-state index contributed by atoms with van der Waals surface area (Å²) >= 11 is 0. The SMILES string of the molecule is CC[C@H](Oc1cccc(C)c1C)C(=O)Nc1cccc(NC(=O)c2ccc(C(C)(C)C)cc2)c1. The van der Waals surface area contributed by atoms with Crippen molar-refractivity contribution in [3.05, 3.63) is 89.0 Å². The molecule has 3 aromatic carbocycles. The standard InChI is InChI=1S/C29H34N2O3/c1-7-25(34-26-13-8-10-19(2)20(26)3)28(33)31-24-12-9-11-23(18-24)30-27(32)21-14-16-22(17-15-21)29(4,5)6/h8-18,25H,7H2,1-6H3,(H,30,32)(H,31,33)/t25-/m0/s1. The van der Waals surface area contributed by atoms with E-state index in [4.69, 9.17) is 4.74 Å². The van der Waals surface area contributed by atoms with Crippen molar-refractivity contribution >= 4 is 23.2 Å². The van der Waals surface area contributed by atoms with Crippen molar-refractivity contribution in [1.29, 1.82) is 0 Å². The van der Waals surface area contributed by atoms with Crippen LogP contribution in [-0.2, 0) is 10.2 Å². The van der Waals surface area contributed by atoms with E-state index in [0.717, 1.165) is 11.1 Å². The van der Waals surface area contributed by atoms with Crippen molar-refractivity contribution in [2.45, 2.75) is 59.5 Å². The van der Waals surface area contributed by atoms with Crippen LogP contribution in [0.1, 0.15) is 61.2 Å². The lowest BCUT2D eigenvalue weighted by atomic mass is 9.87. The van der Waals surface area contributed by atoms with E-state index in [1.54, 1.807) is 24.3 Å². The average molecular weight is 459 g/mol. The first-order valence-electron chi connectivity index (χ1n) is 11.6. The number of amides is 2. The van der Waals surface area contributed by atoms with Gasteiger partial charge in [-0.3, -0.25) is 9.59 Å². The lowest BCUT2D eigenvalue weighted by Crippen LogP contribution is -2.32. The van der Waals surface area contributed by atoms with Crippen LogP contribution >= 0.6 is 0 Å². The molecule has 1 atom stereocenters. The Balaban J connectivity index is 1.66. The van der Waals surface area contributed by atoms with Crippen LogP contribution in [0.2, 0.25) is 0 Å². The average Bonchev–Trinajstić information content (AvgIpc) is 2.79. The molecule has 0 spiro atoms. The molecule has 0 aliphatic carbocycles. The minimum absolute atomic E-state index is 0.0274. The first-order valence-corrected chi connectivity index (χ1v) is 11.6. The van der Waals surface area contributed by atoms with Gasteiger partial charge in [-0.05, 0) is 78.8 Å². The van der Waals surface area contributed by atoms with Gasteiger partial charge in [0.1, 0.15) is 5.75 Å². The molecule has 0 saturated carbocycles. The van der Waals surface area contributed by atoms with Crippen LogP contribution in [0.4, 0.5) is 11.4 Å². The van der Waals surface area contributed by atoms with Gasteiger partial charge in [0, 0.05) is 16.9 Å². The van der Waals surface area contributed by atoms with Crippen molar-refractivity contribution in [2.75, 3.05) is 10.6 Å². The van der Waals surface area contributed by atoms with Gasteiger partial charge in [-0.2, -0.15) is 0 Å². The minimum Gasteiger partial charge on any atom is -0.480 e. The summed E-state index contributed by atoms with van der Waals surface area (Å²) in [5.41, 5.74) is 5.11. The summed E-state index contributed by atoms with van der Waals surface area (Å²) in [6.07, 6.45) is -0.0969. The highest BCUT2D eigenvalue weighted by atomic mass is 16.5. The summed E-state index contributed by atoms with van der Waals surface area (Å²) in [4.78, 5) is 25.6. The fourth-order valence-corrected chi connectivity index (χ4v) is 3.55. The topological polar surface area (TPSA) is 67.4 Å². The number of benzene rings is 3. The third-order valence-electron chi connectivity index (χ3n) is 5.89. The zero-order valence-electron chi connectivity index (χ0n) is 20.9. The summed E-state index contributed by atoms with van der Waals surface area (Å²) in [5.74, 6) is 0.277. The molecular weight excluding hydrogens is 424 g/mol. The van der Waals surface area contributed by atoms with Gasteiger partial charge in [0.2, 0.25) is 0 Å². The van der Waals surface area contributed by atoms with Crippen molar-refractivity contribution in [2.24, 2.45) is 0 Å². The molecule has 0 unspecified atom stereocenters. The van der Waals surface area contributed by atoms with Crippen LogP contribution in [0.25, 0.3) is 0 Å². The zero-order valence-corrected chi connectivity index (χ0v) is 20.9. The number of rotatable bonds is 7. The quantitative estimate of drug-likeness (QED) is 0.416. The van der Waals surface area contributed by atoms with Gasteiger partial charge >= 0.3 is 0 Å². The number of nitrogens with one attached hydrogen (secondary N) is 2. The third kappa shape index (κ3) is 6.25. The Bertz CT molecular complexity index is 1160. The molecule has 3 aromatic rings. The van der Waals surface area contributed by atoms with Gasteiger partial charge in [0.05, 0.1) is 0 Å². The van der Waals surface area contributed by atoms with E-state index in [2.05, 4.69) is 31.4 Å². The smallest absolute Gasteiger partial charge is 0.265 e. The number of aryl methyl sites for hydroxylation is 1. The van der Waals surface area contributed by atoms with Gasteiger partial charge in [0.25, 0.3) is 11.8 Å². The lowest BCUT2D eigenvalue weighted by molar-refractivity contribution is -0.122. The molecule has 0 aliphatic heterocycles. The molecule has 0 radical (unpaired) electrons. The summed E-state index contributed by atoms with van der Waals surface area (Å²) in [6, 6.07) is 20.5. The van der Waals surface area contributed by atoms with Crippen LogP contribution in [0.5, 0.6) is 5.75 Å². The first kappa shape index (κ1) is 25.0. The molecule has 0 fully saturated rings. The molecule has 0 saturated heterocycles.